The summed E-state index contributed by atoms with van der Waals surface area (Å²) in [5, 5.41) is 13.0. The van der Waals surface area contributed by atoms with Gasteiger partial charge in [0.15, 0.2) is 11.9 Å². The van der Waals surface area contributed by atoms with E-state index in [-0.39, 0.29) is 49.6 Å². The van der Waals surface area contributed by atoms with Gasteiger partial charge < -0.3 is 32.7 Å². The second-order valence-electron chi connectivity index (χ2n) is 8.39. The van der Waals surface area contributed by atoms with Crippen LogP contribution in [0.15, 0.2) is 34.3 Å². The Morgan fingerprint density at radius 3 is 1.11 bits per heavy atom. The summed E-state index contributed by atoms with van der Waals surface area (Å²) in [6.07, 6.45) is 3.81. The first-order chi connectivity index (χ1) is 16.5. The summed E-state index contributed by atoms with van der Waals surface area (Å²) in [7, 11) is 0. The first-order valence-electron chi connectivity index (χ1n) is 12.4. The fraction of sp³-hybridized carbons (Fsp3) is 0.462. The van der Waals surface area contributed by atoms with Crippen LogP contribution in [0.25, 0.3) is 0 Å². The zero-order valence-electron chi connectivity index (χ0n) is 22.6. The monoisotopic (exact) mass is 608 g/mol. The van der Waals surface area contributed by atoms with Crippen molar-refractivity contribution in [3.8, 4) is 0 Å². The minimum Gasteiger partial charge on any atom is -0.398 e. The molecule has 0 atom stereocenters. The van der Waals surface area contributed by atoms with Crippen molar-refractivity contribution < 1.29 is 0 Å². The van der Waals surface area contributed by atoms with Gasteiger partial charge in [0.2, 0.25) is 0 Å². The van der Waals surface area contributed by atoms with Crippen molar-refractivity contribution >= 4 is 84.3 Å². The quantitative estimate of drug-likeness (QED) is 0.250. The molecule has 2 aromatic rings. The molecule has 2 aromatic carbocycles. The average molecular weight is 611 g/mol. The summed E-state index contributed by atoms with van der Waals surface area (Å²) < 4.78 is 0. The molecule has 2 aliphatic heterocycles. The Balaban J connectivity index is 0. The maximum Gasteiger partial charge on any atom is 0.195 e. The lowest BCUT2D eigenvalue weighted by Gasteiger charge is -2.13. The van der Waals surface area contributed by atoms with Gasteiger partial charge in [0.05, 0.1) is 13.1 Å². The van der Waals surface area contributed by atoms with Crippen LogP contribution in [0.5, 0.6) is 0 Å². The Morgan fingerprint density at radius 2 is 0.895 bits per heavy atom. The summed E-state index contributed by atoms with van der Waals surface area (Å²) >= 11 is 0. The van der Waals surface area contributed by atoms with Gasteiger partial charge in [-0.2, -0.15) is 0 Å². The summed E-state index contributed by atoms with van der Waals surface area (Å²) in [5.41, 5.74) is 21.0. The second kappa shape index (κ2) is 18.9. The van der Waals surface area contributed by atoms with E-state index in [1.165, 1.54) is 22.3 Å². The lowest BCUT2D eigenvalue weighted by Crippen LogP contribution is -2.26. The van der Waals surface area contributed by atoms with Crippen molar-refractivity contribution in [2.45, 2.75) is 53.4 Å². The molecule has 0 fully saturated rings. The van der Waals surface area contributed by atoms with E-state index in [0.717, 1.165) is 86.5 Å². The predicted octanol–water partition coefficient (Wildman–Crippen LogP) is 5.22. The van der Waals surface area contributed by atoms with Gasteiger partial charge in [-0.25, -0.2) is 0 Å². The molecular weight excluding hydrogens is 566 g/mol. The molecule has 216 valence electrons. The average Bonchev–Trinajstić information content (AvgIpc) is 3.56. The lowest BCUT2D eigenvalue weighted by molar-refractivity contribution is 0.959. The maximum atomic E-state index is 6.11. The fourth-order valence-corrected chi connectivity index (χ4v) is 4.11. The third-order valence-electron chi connectivity index (χ3n) is 6.10. The molecule has 12 heteroatoms. The van der Waals surface area contributed by atoms with Gasteiger partial charge in [-0.3, -0.25) is 9.98 Å². The van der Waals surface area contributed by atoms with Gasteiger partial charge in [-0.1, -0.05) is 27.7 Å². The first kappa shape index (κ1) is 37.9. The molecule has 0 amide bonds. The smallest absolute Gasteiger partial charge is 0.195 e. The Bertz CT molecular complexity index is 926. The number of aryl methyl sites for hydroxylation is 4. The van der Waals surface area contributed by atoms with E-state index in [2.05, 4.69) is 83.2 Å². The normalized spacial score (nSPS) is 12.8. The molecule has 0 aromatic heterocycles. The summed E-state index contributed by atoms with van der Waals surface area (Å²) in [6.45, 7) is 12.0. The molecule has 8 nitrogen and oxygen atoms in total. The van der Waals surface area contributed by atoms with E-state index >= 15 is 0 Å². The van der Waals surface area contributed by atoms with Crippen LogP contribution < -0.4 is 32.7 Å². The molecular formula is C26H44Cl4N8. The molecule has 8 N–H and O–H groups in total. The highest BCUT2D eigenvalue weighted by molar-refractivity contribution is 5.95. The van der Waals surface area contributed by atoms with E-state index in [0.29, 0.717) is 0 Å². The van der Waals surface area contributed by atoms with Crippen LogP contribution in [0.1, 0.15) is 49.9 Å². The number of nitrogen functional groups attached to an aromatic ring is 2. The van der Waals surface area contributed by atoms with Crippen LogP contribution >= 0.6 is 49.6 Å². The number of guanidine groups is 2. The highest BCUT2D eigenvalue weighted by Gasteiger charge is 2.10. The number of nitrogens with one attached hydrogen (secondary N) is 4. The molecule has 4 rings (SSSR count). The molecule has 38 heavy (non-hydrogen) atoms. The van der Waals surface area contributed by atoms with Crippen molar-refractivity contribution in [2.24, 2.45) is 9.98 Å². The number of rotatable bonds is 6. The van der Waals surface area contributed by atoms with Crippen LogP contribution in [0.3, 0.4) is 0 Å². The van der Waals surface area contributed by atoms with E-state index in [1.54, 1.807) is 0 Å². The standard InChI is InChI=1S/2C13H20N4.4ClH/c2*1-3-9-7-11(8-10(4-2)12(9)14)17-13-15-5-6-16-13;;;;/h2*7-8H,3-6,14H2,1-2H3,(H2,15,16,17);4*1H. The largest absolute Gasteiger partial charge is 0.398 e. The summed E-state index contributed by atoms with van der Waals surface area (Å²) in [4.78, 5) is 8.66. The number of hydrogen-bond acceptors (Lipinski definition) is 8. The highest BCUT2D eigenvalue weighted by atomic mass is 35.5. The molecule has 0 saturated heterocycles. The number of nitrogens with two attached hydrogens (primary N) is 2. The number of hydrogen-bond donors (Lipinski definition) is 6. The molecule has 2 aliphatic rings. The zero-order valence-corrected chi connectivity index (χ0v) is 25.9. The van der Waals surface area contributed by atoms with E-state index in [9.17, 15) is 0 Å². The Labute approximate surface area is 252 Å². The minimum atomic E-state index is 0. The molecule has 0 unspecified atom stereocenters. The predicted molar refractivity (Wildman–Crippen MR) is 176 cm³/mol. The second-order valence-corrected chi connectivity index (χ2v) is 8.39. The van der Waals surface area contributed by atoms with E-state index in [1.807, 2.05) is 0 Å². The topological polar surface area (TPSA) is 125 Å². The number of halogens is 4. The van der Waals surface area contributed by atoms with Crippen LogP contribution in [-0.4, -0.2) is 38.1 Å². The zero-order chi connectivity index (χ0) is 24.5. The van der Waals surface area contributed by atoms with E-state index in [4.69, 9.17) is 11.5 Å². The van der Waals surface area contributed by atoms with Crippen molar-refractivity contribution in [3.05, 3.63) is 46.5 Å². The number of aliphatic imine (C=N–C) groups is 2. The highest BCUT2D eigenvalue weighted by Crippen LogP contribution is 2.25. The van der Waals surface area contributed by atoms with Gasteiger partial charge >= 0.3 is 0 Å². The summed E-state index contributed by atoms with van der Waals surface area (Å²) in [5.74, 6) is 1.72. The third-order valence-corrected chi connectivity index (χ3v) is 6.10. The van der Waals surface area contributed by atoms with Crippen LogP contribution in [0.2, 0.25) is 0 Å². The van der Waals surface area contributed by atoms with Gasteiger partial charge in [0.25, 0.3) is 0 Å². The Morgan fingerprint density at radius 1 is 0.605 bits per heavy atom. The van der Waals surface area contributed by atoms with Gasteiger partial charge in [0, 0.05) is 35.8 Å². The van der Waals surface area contributed by atoms with Gasteiger partial charge in [-0.05, 0) is 72.2 Å². The van der Waals surface area contributed by atoms with Crippen LogP contribution in [-0.2, 0) is 25.7 Å². The molecule has 0 aliphatic carbocycles. The number of nitrogens with zero attached hydrogens (tertiary/aromatic N) is 2. The van der Waals surface area contributed by atoms with Gasteiger partial charge in [0.1, 0.15) is 0 Å². The van der Waals surface area contributed by atoms with Crippen LogP contribution in [0.4, 0.5) is 22.7 Å². The number of benzene rings is 2. The molecule has 0 radical (unpaired) electrons. The summed E-state index contributed by atoms with van der Waals surface area (Å²) in [6, 6.07) is 8.43. The van der Waals surface area contributed by atoms with E-state index < -0.39 is 0 Å². The maximum absolute atomic E-state index is 6.11. The molecule has 0 spiro atoms. The Kier molecular flexibility index (Phi) is 18.8. The van der Waals surface area contributed by atoms with Gasteiger partial charge in [-0.15, -0.1) is 49.6 Å². The molecule has 0 bridgehead atoms. The van der Waals surface area contributed by atoms with Crippen molar-refractivity contribution in [3.63, 3.8) is 0 Å². The SMILES string of the molecule is CCc1cc(NC2=NCCN2)cc(CC)c1N.CCc1cc(NC2=NCCN2)cc(CC)c1N.Cl.Cl.Cl.Cl. The lowest BCUT2D eigenvalue weighted by atomic mass is 10.0. The minimum absolute atomic E-state index is 0. The Hall–Kier alpha value is -2.26. The molecule has 2 heterocycles. The van der Waals surface area contributed by atoms with Crippen molar-refractivity contribution in [1.82, 2.24) is 10.6 Å². The van der Waals surface area contributed by atoms with Crippen LogP contribution in [0, 0.1) is 0 Å². The molecule has 0 saturated carbocycles. The van der Waals surface area contributed by atoms with Crippen molar-refractivity contribution in [2.75, 3.05) is 48.3 Å². The van der Waals surface area contributed by atoms with Crippen molar-refractivity contribution in [1.29, 1.82) is 0 Å². The fourth-order valence-electron chi connectivity index (χ4n) is 4.11. The first-order valence-corrected chi connectivity index (χ1v) is 12.4. The number of anilines is 4. The third kappa shape index (κ3) is 10.1.